The number of aliphatic hydroxyl groups is 1. The van der Waals surface area contributed by atoms with Gasteiger partial charge < -0.3 is 5.11 Å². The van der Waals surface area contributed by atoms with Crippen molar-refractivity contribution < 1.29 is 13.9 Å². The number of hydrogen-bond acceptors (Lipinski definition) is 2. The maximum atomic E-state index is 13.7. The number of hydrogen-bond donors (Lipinski definition) is 1. The summed E-state index contributed by atoms with van der Waals surface area (Å²) in [5.41, 5.74) is 0.379. The number of rotatable bonds is 5. The molecule has 0 heterocycles. The summed E-state index contributed by atoms with van der Waals surface area (Å²) in [7, 11) is 0. The lowest BCUT2D eigenvalue weighted by molar-refractivity contribution is 0.198. The first-order chi connectivity index (χ1) is 9.56. The third-order valence-corrected chi connectivity index (χ3v) is 4.16. The monoisotopic (exact) mass is 314 g/mol. The van der Waals surface area contributed by atoms with Gasteiger partial charge in [-0.15, -0.1) is 11.8 Å². The van der Waals surface area contributed by atoms with Crippen molar-refractivity contribution in [1.29, 1.82) is 0 Å². The highest BCUT2D eigenvalue weighted by Gasteiger charge is 2.12. The zero-order valence-corrected chi connectivity index (χ0v) is 12.1. The van der Waals surface area contributed by atoms with Gasteiger partial charge in [0.25, 0.3) is 0 Å². The summed E-state index contributed by atoms with van der Waals surface area (Å²) in [5, 5.41) is 9.97. The highest BCUT2D eigenvalue weighted by Crippen LogP contribution is 2.23. The molecule has 0 amide bonds. The lowest BCUT2D eigenvalue weighted by Crippen LogP contribution is -2.14. The molecule has 5 heteroatoms. The van der Waals surface area contributed by atoms with Gasteiger partial charge in [0.2, 0.25) is 0 Å². The Morgan fingerprint density at radius 2 is 1.90 bits per heavy atom. The average molecular weight is 315 g/mol. The molecule has 0 fully saturated rings. The summed E-state index contributed by atoms with van der Waals surface area (Å²) in [6.07, 6.45) is -0.550. The van der Waals surface area contributed by atoms with Gasteiger partial charge in [0.05, 0.1) is 11.1 Å². The maximum Gasteiger partial charge on any atom is 0.145 e. The number of aliphatic hydroxyl groups excluding tert-OH is 1. The molecule has 0 spiro atoms. The van der Waals surface area contributed by atoms with E-state index in [-0.39, 0.29) is 17.3 Å². The molecule has 1 nitrogen and oxygen atoms in total. The Balaban J connectivity index is 1.92. The summed E-state index contributed by atoms with van der Waals surface area (Å²) in [6, 6.07) is 10.8. The minimum absolute atomic E-state index is 0.0486. The third kappa shape index (κ3) is 4.20. The van der Waals surface area contributed by atoms with Crippen molar-refractivity contribution in [2.24, 2.45) is 0 Å². The maximum absolute atomic E-state index is 13.7. The van der Waals surface area contributed by atoms with E-state index in [2.05, 4.69) is 0 Å². The van der Waals surface area contributed by atoms with Gasteiger partial charge in [-0.2, -0.15) is 0 Å². The fraction of sp³-hybridized carbons (Fsp3) is 0.200. The van der Waals surface area contributed by atoms with E-state index in [9.17, 15) is 13.9 Å². The first kappa shape index (κ1) is 15.3. The second-order valence-electron chi connectivity index (χ2n) is 4.34. The summed E-state index contributed by atoms with van der Waals surface area (Å²) in [6.45, 7) is 0. The molecule has 0 aliphatic carbocycles. The van der Waals surface area contributed by atoms with Crippen LogP contribution in [0.5, 0.6) is 0 Å². The molecular weight excluding hydrogens is 302 g/mol. The Hall–Kier alpha value is -1.10. The van der Waals surface area contributed by atoms with Gasteiger partial charge in [0, 0.05) is 17.1 Å². The van der Waals surface area contributed by atoms with Crippen LogP contribution in [0.4, 0.5) is 8.78 Å². The van der Waals surface area contributed by atoms with Gasteiger partial charge >= 0.3 is 0 Å². The van der Waals surface area contributed by atoms with Crippen LogP contribution in [0.15, 0.2) is 47.4 Å². The van der Waals surface area contributed by atoms with Crippen LogP contribution < -0.4 is 0 Å². The smallest absolute Gasteiger partial charge is 0.145 e. The lowest BCUT2D eigenvalue weighted by atomic mass is 10.1. The normalized spacial score (nSPS) is 12.4. The van der Waals surface area contributed by atoms with Crippen LogP contribution in [0.1, 0.15) is 5.56 Å². The van der Waals surface area contributed by atoms with Gasteiger partial charge in [-0.05, 0) is 29.8 Å². The summed E-state index contributed by atoms with van der Waals surface area (Å²) >= 11 is 7.01. The Bertz CT molecular complexity index is 592. The summed E-state index contributed by atoms with van der Waals surface area (Å²) in [5.74, 6) is -0.454. The van der Waals surface area contributed by atoms with Gasteiger partial charge in [0.1, 0.15) is 11.6 Å². The second-order valence-corrected chi connectivity index (χ2v) is 5.84. The SMILES string of the molecule is OC(CSc1cccc(F)c1)Cc1cccc(Cl)c1F. The fourth-order valence-electron chi connectivity index (χ4n) is 1.77. The zero-order valence-electron chi connectivity index (χ0n) is 10.5. The minimum Gasteiger partial charge on any atom is -0.392 e. The molecule has 0 aliphatic rings. The molecule has 2 aromatic carbocycles. The van der Waals surface area contributed by atoms with Gasteiger partial charge in [-0.25, -0.2) is 8.78 Å². The standard InChI is InChI=1S/C15H13ClF2OS/c16-14-6-1-3-10(15(14)18)7-12(19)9-20-13-5-2-4-11(17)8-13/h1-6,8,12,19H,7,9H2. The van der Waals surface area contributed by atoms with Crippen molar-refractivity contribution in [3.8, 4) is 0 Å². The zero-order chi connectivity index (χ0) is 14.5. The van der Waals surface area contributed by atoms with Crippen LogP contribution in [-0.2, 0) is 6.42 Å². The Kier molecular flexibility index (Phi) is 5.40. The Morgan fingerprint density at radius 3 is 2.65 bits per heavy atom. The van der Waals surface area contributed by atoms with Crippen LogP contribution in [-0.4, -0.2) is 17.0 Å². The van der Waals surface area contributed by atoms with E-state index in [1.807, 2.05) is 0 Å². The van der Waals surface area contributed by atoms with E-state index in [1.54, 1.807) is 24.3 Å². The van der Waals surface area contributed by atoms with Crippen LogP contribution in [0, 0.1) is 11.6 Å². The third-order valence-electron chi connectivity index (χ3n) is 2.73. The molecule has 0 aliphatic heterocycles. The van der Waals surface area contributed by atoms with E-state index in [4.69, 9.17) is 11.6 Å². The molecule has 2 rings (SSSR count). The molecule has 0 saturated heterocycles. The van der Waals surface area contributed by atoms with E-state index >= 15 is 0 Å². The molecule has 0 radical (unpaired) electrons. The molecule has 0 saturated carbocycles. The minimum atomic E-state index is -0.726. The van der Waals surface area contributed by atoms with Gasteiger partial charge in [-0.1, -0.05) is 29.8 Å². The van der Waals surface area contributed by atoms with Crippen LogP contribution in [0.3, 0.4) is 0 Å². The molecule has 0 bridgehead atoms. The van der Waals surface area contributed by atoms with E-state index in [1.165, 1.54) is 30.0 Å². The lowest BCUT2D eigenvalue weighted by Gasteiger charge is -2.11. The molecule has 1 unspecified atom stereocenters. The number of benzene rings is 2. The average Bonchev–Trinajstić information content (AvgIpc) is 2.42. The Morgan fingerprint density at radius 1 is 1.15 bits per heavy atom. The highest BCUT2D eigenvalue weighted by atomic mass is 35.5. The van der Waals surface area contributed by atoms with Crippen LogP contribution in [0.25, 0.3) is 0 Å². The van der Waals surface area contributed by atoms with E-state index in [0.29, 0.717) is 11.3 Å². The Labute approximate surface area is 125 Å². The largest absolute Gasteiger partial charge is 0.392 e. The first-order valence-corrected chi connectivity index (χ1v) is 7.42. The van der Waals surface area contributed by atoms with Crippen molar-refractivity contribution in [3.05, 3.63) is 64.7 Å². The molecular formula is C15H13ClF2OS. The predicted octanol–water partition coefficient (Wildman–Crippen LogP) is 4.31. The van der Waals surface area contributed by atoms with E-state index in [0.717, 1.165) is 4.90 Å². The molecule has 20 heavy (non-hydrogen) atoms. The van der Waals surface area contributed by atoms with Crippen molar-refractivity contribution in [2.75, 3.05) is 5.75 Å². The molecule has 106 valence electrons. The quantitative estimate of drug-likeness (QED) is 0.830. The summed E-state index contributed by atoms with van der Waals surface area (Å²) in [4.78, 5) is 0.732. The van der Waals surface area contributed by atoms with Crippen molar-refractivity contribution in [2.45, 2.75) is 17.4 Å². The van der Waals surface area contributed by atoms with E-state index < -0.39 is 11.9 Å². The van der Waals surface area contributed by atoms with Gasteiger partial charge in [-0.3, -0.25) is 0 Å². The fourth-order valence-corrected chi connectivity index (χ4v) is 2.84. The van der Waals surface area contributed by atoms with Gasteiger partial charge in [0.15, 0.2) is 0 Å². The summed E-state index contributed by atoms with van der Waals surface area (Å²) < 4.78 is 26.7. The molecule has 1 N–H and O–H groups in total. The molecule has 0 aromatic heterocycles. The first-order valence-electron chi connectivity index (χ1n) is 6.05. The van der Waals surface area contributed by atoms with Crippen molar-refractivity contribution in [3.63, 3.8) is 0 Å². The molecule has 2 aromatic rings. The predicted molar refractivity (Wildman–Crippen MR) is 78.2 cm³/mol. The van der Waals surface area contributed by atoms with Crippen molar-refractivity contribution >= 4 is 23.4 Å². The number of thioether (sulfide) groups is 1. The number of halogens is 3. The van der Waals surface area contributed by atoms with Crippen molar-refractivity contribution in [1.82, 2.24) is 0 Å². The molecule has 1 atom stereocenters. The highest BCUT2D eigenvalue weighted by molar-refractivity contribution is 7.99. The van der Waals surface area contributed by atoms with Crippen LogP contribution >= 0.6 is 23.4 Å². The second kappa shape index (κ2) is 7.07. The van der Waals surface area contributed by atoms with Crippen LogP contribution in [0.2, 0.25) is 5.02 Å². The topological polar surface area (TPSA) is 20.2 Å².